The number of carbonyl (C=O) groups is 1. The van der Waals surface area contributed by atoms with Crippen molar-refractivity contribution in [1.29, 1.82) is 0 Å². The Morgan fingerprint density at radius 2 is 2.10 bits per heavy atom. The molecule has 1 heterocycles. The van der Waals surface area contributed by atoms with Gasteiger partial charge < -0.3 is 5.32 Å². The minimum absolute atomic E-state index is 0.0460. The van der Waals surface area contributed by atoms with Crippen LogP contribution in [0.3, 0.4) is 0 Å². The predicted molar refractivity (Wildman–Crippen MR) is 79.2 cm³/mol. The molecule has 0 aliphatic rings. The lowest BCUT2D eigenvalue weighted by molar-refractivity contribution is 0.0943. The average Bonchev–Trinajstić information content (AvgIpc) is 2.80. The molecule has 2 rings (SSSR count). The molecule has 106 valence electrons. The van der Waals surface area contributed by atoms with Crippen LogP contribution in [0.2, 0.25) is 10.0 Å². The third-order valence-electron chi connectivity index (χ3n) is 2.70. The molecule has 7 heteroatoms. The Morgan fingerprint density at radius 1 is 1.40 bits per heavy atom. The lowest BCUT2D eigenvalue weighted by atomic mass is 10.1. The van der Waals surface area contributed by atoms with Crippen molar-refractivity contribution in [2.75, 3.05) is 0 Å². The van der Waals surface area contributed by atoms with Crippen LogP contribution in [0.25, 0.3) is 0 Å². The zero-order chi connectivity index (χ0) is 14.9. The molecule has 1 unspecified atom stereocenters. The topological polar surface area (TPSA) is 42.0 Å². The third kappa shape index (κ3) is 3.29. The molecule has 1 N–H and O–H groups in total. The van der Waals surface area contributed by atoms with E-state index in [4.69, 9.17) is 23.2 Å². The summed E-state index contributed by atoms with van der Waals surface area (Å²) in [7, 11) is 0. The molecule has 0 spiro atoms. The summed E-state index contributed by atoms with van der Waals surface area (Å²) in [6.45, 7) is 3.54. The molecule has 20 heavy (non-hydrogen) atoms. The first kappa shape index (κ1) is 15.2. The molecular formula is C13H11Cl2FN2OS. The molecule has 3 nitrogen and oxygen atoms in total. The van der Waals surface area contributed by atoms with Gasteiger partial charge in [0.05, 0.1) is 22.3 Å². The number of benzene rings is 1. The first-order valence-corrected chi connectivity index (χ1v) is 7.33. The molecule has 0 saturated carbocycles. The second-order valence-corrected chi connectivity index (χ2v) is 6.28. The van der Waals surface area contributed by atoms with Crippen LogP contribution in [0.1, 0.15) is 33.2 Å². The summed E-state index contributed by atoms with van der Waals surface area (Å²) in [5, 5.41) is 3.82. The van der Waals surface area contributed by atoms with Gasteiger partial charge in [-0.25, -0.2) is 9.37 Å². The van der Waals surface area contributed by atoms with E-state index in [1.54, 1.807) is 6.92 Å². The molecule has 1 amide bonds. The Kier molecular flexibility index (Phi) is 4.62. The van der Waals surface area contributed by atoms with Gasteiger partial charge >= 0.3 is 0 Å². The van der Waals surface area contributed by atoms with E-state index in [2.05, 4.69) is 10.3 Å². The van der Waals surface area contributed by atoms with E-state index in [-0.39, 0.29) is 10.9 Å². The monoisotopic (exact) mass is 332 g/mol. The first-order chi connectivity index (χ1) is 9.38. The number of carbonyl (C=O) groups excluding carboxylic acids is 1. The molecule has 0 aliphatic heterocycles. The SMILES string of the molecule is Cc1ncc(C(=O)NC(C)c2cc(F)c(Cl)cc2Cl)s1. The molecule has 2 aromatic rings. The predicted octanol–water partition coefficient (Wildman–Crippen LogP) is 4.39. The smallest absolute Gasteiger partial charge is 0.263 e. The number of hydrogen-bond acceptors (Lipinski definition) is 3. The van der Waals surface area contributed by atoms with Crippen molar-refractivity contribution in [2.45, 2.75) is 19.9 Å². The highest BCUT2D eigenvalue weighted by Gasteiger charge is 2.17. The van der Waals surface area contributed by atoms with Gasteiger partial charge in [-0.3, -0.25) is 4.79 Å². The van der Waals surface area contributed by atoms with E-state index in [0.29, 0.717) is 15.5 Å². The zero-order valence-corrected chi connectivity index (χ0v) is 13.0. The number of halogens is 3. The first-order valence-electron chi connectivity index (χ1n) is 5.76. The average molecular weight is 333 g/mol. The van der Waals surface area contributed by atoms with Crippen LogP contribution in [0.15, 0.2) is 18.3 Å². The minimum Gasteiger partial charge on any atom is -0.345 e. The summed E-state index contributed by atoms with van der Waals surface area (Å²) in [6, 6.07) is 2.12. The Bertz CT molecular complexity index is 660. The molecule has 0 saturated heterocycles. The van der Waals surface area contributed by atoms with Crippen molar-refractivity contribution in [3.8, 4) is 0 Å². The number of amides is 1. The standard InChI is InChI=1S/C13H11Cl2FN2OS/c1-6(8-3-11(16)10(15)4-9(8)14)18-13(19)12-5-17-7(2)20-12/h3-6H,1-2H3,(H,18,19). The Labute approximate surface area is 129 Å². The summed E-state index contributed by atoms with van der Waals surface area (Å²) in [4.78, 5) is 16.5. The summed E-state index contributed by atoms with van der Waals surface area (Å²) in [5.74, 6) is -0.838. The summed E-state index contributed by atoms with van der Waals surface area (Å²) >= 11 is 13.0. The second-order valence-electron chi connectivity index (χ2n) is 4.23. The number of rotatable bonds is 3. The molecule has 0 bridgehead atoms. The van der Waals surface area contributed by atoms with Crippen molar-refractivity contribution in [1.82, 2.24) is 10.3 Å². The number of thiazole rings is 1. The lowest BCUT2D eigenvalue weighted by Gasteiger charge is -2.15. The summed E-state index contributed by atoms with van der Waals surface area (Å²) in [5.41, 5.74) is 0.475. The fourth-order valence-electron chi connectivity index (χ4n) is 1.68. The van der Waals surface area contributed by atoms with Crippen LogP contribution in [0.5, 0.6) is 0 Å². The van der Waals surface area contributed by atoms with E-state index in [9.17, 15) is 9.18 Å². The largest absolute Gasteiger partial charge is 0.345 e. The van der Waals surface area contributed by atoms with E-state index in [1.807, 2.05) is 6.92 Å². The van der Waals surface area contributed by atoms with E-state index in [0.717, 1.165) is 5.01 Å². The quantitative estimate of drug-likeness (QED) is 0.847. The Balaban J connectivity index is 2.18. The van der Waals surface area contributed by atoms with E-state index >= 15 is 0 Å². The van der Waals surface area contributed by atoms with Gasteiger partial charge in [-0.05, 0) is 31.5 Å². The van der Waals surface area contributed by atoms with Crippen molar-refractivity contribution in [3.05, 3.63) is 49.6 Å². The third-order valence-corrected chi connectivity index (χ3v) is 4.23. The zero-order valence-electron chi connectivity index (χ0n) is 10.7. The van der Waals surface area contributed by atoms with Gasteiger partial charge in [0.1, 0.15) is 10.7 Å². The fourth-order valence-corrected chi connectivity index (χ4v) is 2.91. The second kappa shape index (κ2) is 6.08. The molecule has 0 aliphatic carbocycles. The van der Waals surface area contributed by atoms with Crippen LogP contribution >= 0.6 is 34.5 Å². The fraction of sp³-hybridized carbons (Fsp3) is 0.231. The maximum Gasteiger partial charge on any atom is 0.263 e. The van der Waals surface area contributed by atoms with Gasteiger partial charge in [-0.1, -0.05) is 23.2 Å². The molecular weight excluding hydrogens is 322 g/mol. The normalized spacial score (nSPS) is 12.2. The van der Waals surface area contributed by atoms with Gasteiger partial charge in [0.2, 0.25) is 0 Å². The number of aromatic nitrogens is 1. The Hall–Kier alpha value is -1.17. The van der Waals surface area contributed by atoms with Gasteiger partial charge in [0, 0.05) is 5.02 Å². The highest BCUT2D eigenvalue weighted by Crippen LogP contribution is 2.28. The molecule has 1 aromatic carbocycles. The van der Waals surface area contributed by atoms with E-state index < -0.39 is 11.9 Å². The minimum atomic E-state index is -0.569. The highest BCUT2D eigenvalue weighted by molar-refractivity contribution is 7.13. The van der Waals surface area contributed by atoms with Gasteiger partial charge in [-0.15, -0.1) is 11.3 Å². The van der Waals surface area contributed by atoms with Crippen molar-refractivity contribution in [2.24, 2.45) is 0 Å². The van der Waals surface area contributed by atoms with Crippen LogP contribution in [-0.4, -0.2) is 10.9 Å². The highest BCUT2D eigenvalue weighted by atomic mass is 35.5. The van der Waals surface area contributed by atoms with Crippen LogP contribution < -0.4 is 5.32 Å². The number of aryl methyl sites for hydroxylation is 1. The number of nitrogens with zero attached hydrogens (tertiary/aromatic N) is 1. The molecule has 0 radical (unpaired) electrons. The summed E-state index contributed by atoms with van der Waals surface area (Å²) < 4.78 is 13.5. The maximum atomic E-state index is 13.5. The number of hydrogen-bond donors (Lipinski definition) is 1. The molecule has 1 aromatic heterocycles. The number of nitrogens with one attached hydrogen (secondary N) is 1. The summed E-state index contributed by atoms with van der Waals surface area (Å²) in [6.07, 6.45) is 1.51. The van der Waals surface area contributed by atoms with Crippen LogP contribution in [0.4, 0.5) is 4.39 Å². The van der Waals surface area contributed by atoms with Gasteiger partial charge in [-0.2, -0.15) is 0 Å². The Morgan fingerprint density at radius 3 is 2.70 bits per heavy atom. The van der Waals surface area contributed by atoms with Crippen molar-refractivity contribution in [3.63, 3.8) is 0 Å². The van der Waals surface area contributed by atoms with Crippen LogP contribution in [-0.2, 0) is 0 Å². The van der Waals surface area contributed by atoms with Crippen LogP contribution in [0, 0.1) is 12.7 Å². The van der Waals surface area contributed by atoms with Gasteiger partial charge in [0.15, 0.2) is 0 Å². The maximum absolute atomic E-state index is 13.5. The van der Waals surface area contributed by atoms with Crippen molar-refractivity contribution < 1.29 is 9.18 Å². The van der Waals surface area contributed by atoms with E-state index in [1.165, 1.54) is 29.7 Å². The van der Waals surface area contributed by atoms with Gasteiger partial charge in [0.25, 0.3) is 5.91 Å². The molecule has 0 fully saturated rings. The van der Waals surface area contributed by atoms with Crippen molar-refractivity contribution >= 4 is 40.4 Å². The molecule has 1 atom stereocenters. The lowest BCUT2D eigenvalue weighted by Crippen LogP contribution is -2.26.